The van der Waals surface area contributed by atoms with Gasteiger partial charge in [0.15, 0.2) is 0 Å². The van der Waals surface area contributed by atoms with Crippen molar-refractivity contribution in [1.29, 1.82) is 0 Å². The van der Waals surface area contributed by atoms with Crippen LogP contribution in [0.3, 0.4) is 0 Å². The minimum atomic E-state index is 1.05. The van der Waals surface area contributed by atoms with Crippen molar-refractivity contribution in [2.45, 2.75) is 54.4 Å². The molecule has 0 unspecified atom stereocenters. The van der Waals surface area contributed by atoms with E-state index in [4.69, 9.17) is 0 Å². The van der Waals surface area contributed by atoms with Crippen LogP contribution in [0, 0.1) is 11.8 Å². The Labute approximate surface area is 67.0 Å². The molecule has 10 heavy (non-hydrogen) atoms. The molecular formula is C10H22. The lowest BCUT2D eigenvalue weighted by Crippen LogP contribution is -1.56. The second-order valence-corrected chi connectivity index (χ2v) is 1.18. The highest BCUT2D eigenvalue weighted by molar-refractivity contribution is 4.93. The number of unbranched alkanes of at least 4 members (excludes halogenated alkanes) is 1. The zero-order valence-corrected chi connectivity index (χ0v) is 8.41. The van der Waals surface area contributed by atoms with Gasteiger partial charge in [-0.05, 0) is 13.3 Å². The van der Waals surface area contributed by atoms with Gasteiger partial charge in [-0.1, -0.05) is 34.6 Å². The average Bonchev–Trinajstić information content (AvgIpc) is 2.08. The molecule has 0 saturated heterocycles. The zero-order valence-electron chi connectivity index (χ0n) is 8.41. The first kappa shape index (κ1) is 16.3. The van der Waals surface area contributed by atoms with Gasteiger partial charge in [-0.3, -0.25) is 0 Å². The summed E-state index contributed by atoms with van der Waals surface area (Å²) in [6.07, 6.45) is 2.23. The Morgan fingerprint density at radius 1 is 1.00 bits per heavy atom. The van der Waals surface area contributed by atoms with Crippen molar-refractivity contribution in [3.63, 3.8) is 0 Å². The van der Waals surface area contributed by atoms with Crippen molar-refractivity contribution in [1.82, 2.24) is 0 Å². The lowest BCUT2D eigenvalue weighted by Gasteiger charge is -1.71. The van der Waals surface area contributed by atoms with Gasteiger partial charge < -0.3 is 0 Å². The topological polar surface area (TPSA) is 0 Å². The summed E-state index contributed by atoms with van der Waals surface area (Å²) in [6, 6.07) is 0. The second kappa shape index (κ2) is 38.6. The highest BCUT2D eigenvalue weighted by atomic mass is 13.7. The fourth-order valence-electron chi connectivity index (χ4n) is 0.250. The van der Waals surface area contributed by atoms with Gasteiger partial charge in [0, 0.05) is 6.42 Å². The maximum Gasteiger partial charge on any atom is 0.00859 e. The summed E-state index contributed by atoms with van der Waals surface area (Å²) < 4.78 is 0. The van der Waals surface area contributed by atoms with Crippen LogP contribution in [0.5, 0.6) is 0 Å². The Kier molecular flexibility index (Phi) is 62.8. The largest absolute Gasteiger partial charge is 0.107 e. The highest BCUT2D eigenvalue weighted by Crippen LogP contribution is 1.79. The molecule has 0 heteroatoms. The standard InChI is InChI=1S/C6H10.2C2H6/c1-3-5-6-4-2;2*1-2/h3,5H2,1-2H3;2*1-2H3. The van der Waals surface area contributed by atoms with Crippen molar-refractivity contribution in [3.05, 3.63) is 0 Å². The summed E-state index contributed by atoms with van der Waals surface area (Å²) in [5.74, 6) is 5.77. The molecule has 62 valence electrons. The second-order valence-electron chi connectivity index (χ2n) is 1.18. The Hall–Kier alpha value is -0.440. The van der Waals surface area contributed by atoms with E-state index in [2.05, 4.69) is 18.8 Å². The molecule has 0 fully saturated rings. The summed E-state index contributed by atoms with van der Waals surface area (Å²) in [5.41, 5.74) is 0. The fourth-order valence-corrected chi connectivity index (χ4v) is 0.250. The smallest absolute Gasteiger partial charge is 0.00859 e. The lowest BCUT2D eigenvalue weighted by molar-refractivity contribution is 0.983. The van der Waals surface area contributed by atoms with Gasteiger partial charge in [0.05, 0.1) is 0 Å². The van der Waals surface area contributed by atoms with Crippen molar-refractivity contribution < 1.29 is 0 Å². The summed E-state index contributed by atoms with van der Waals surface area (Å²) >= 11 is 0. The van der Waals surface area contributed by atoms with E-state index in [9.17, 15) is 0 Å². The van der Waals surface area contributed by atoms with Crippen LogP contribution < -0.4 is 0 Å². The van der Waals surface area contributed by atoms with Crippen LogP contribution in [0.15, 0.2) is 0 Å². The zero-order chi connectivity index (χ0) is 8.83. The molecule has 0 saturated carbocycles. The van der Waals surface area contributed by atoms with Crippen LogP contribution in [-0.4, -0.2) is 0 Å². The van der Waals surface area contributed by atoms with E-state index in [-0.39, 0.29) is 0 Å². The predicted molar refractivity (Wildman–Crippen MR) is 51.1 cm³/mol. The van der Waals surface area contributed by atoms with Gasteiger partial charge in [-0.15, -0.1) is 11.8 Å². The average molecular weight is 142 g/mol. The predicted octanol–water partition coefficient (Wildman–Crippen LogP) is 3.86. The van der Waals surface area contributed by atoms with Crippen LogP contribution in [0.4, 0.5) is 0 Å². The number of rotatable bonds is 1. The molecule has 0 aromatic carbocycles. The van der Waals surface area contributed by atoms with Crippen molar-refractivity contribution in [3.8, 4) is 11.8 Å². The molecular weight excluding hydrogens is 120 g/mol. The third kappa shape index (κ3) is 49.6. The maximum atomic E-state index is 2.95. The normalized spacial score (nSPS) is 5.00. The van der Waals surface area contributed by atoms with Crippen LogP contribution in [0.25, 0.3) is 0 Å². The van der Waals surface area contributed by atoms with Crippen molar-refractivity contribution in [2.75, 3.05) is 0 Å². The van der Waals surface area contributed by atoms with E-state index in [1.165, 1.54) is 6.42 Å². The molecule has 0 bridgehead atoms. The summed E-state index contributed by atoms with van der Waals surface area (Å²) in [4.78, 5) is 0. The molecule has 0 heterocycles. The van der Waals surface area contributed by atoms with E-state index < -0.39 is 0 Å². The Morgan fingerprint density at radius 2 is 1.40 bits per heavy atom. The molecule has 0 aliphatic rings. The summed E-state index contributed by atoms with van der Waals surface area (Å²) in [5, 5.41) is 0. The molecule has 0 aliphatic heterocycles. The van der Waals surface area contributed by atoms with Gasteiger partial charge in [-0.2, -0.15) is 0 Å². The Balaban J connectivity index is -0.000000105. The van der Waals surface area contributed by atoms with Crippen LogP contribution in [0.1, 0.15) is 54.4 Å². The minimum Gasteiger partial charge on any atom is -0.107 e. The molecule has 0 radical (unpaired) electrons. The molecule has 0 nitrogen and oxygen atoms in total. The van der Waals surface area contributed by atoms with E-state index in [0.717, 1.165) is 6.42 Å². The van der Waals surface area contributed by atoms with E-state index >= 15 is 0 Å². The molecule has 0 atom stereocenters. The van der Waals surface area contributed by atoms with Crippen LogP contribution in [0.2, 0.25) is 0 Å². The molecule has 0 rings (SSSR count). The number of hydrogen-bond acceptors (Lipinski definition) is 0. The summed E-state index contributed by atoms with van der Waals surface area (Å²) in [7, 11) is 0. The summed E-state index contributed by atoms with van der Waals surface area (Å²) in [6.45, 7) is 12.0. The Bertz CT molecular complexity index is 61.8. The molecule has 0 aromatic heterocycles. The van der Waals surface area contributed by atoms with E-state index in [1.54, 1.807) is 0 Å². The SMILES string of the molecule is CC.CC.CC#CCCC. The Morgan fingerprint density at radius 3 is 1.50 bits per heavy atom. The maximum absolute atomic E-state index is 2.95. The van der Waals surface area contributed by atoms with Gasteiger partial charge in [0.1, 0.15) is 0 Å². The van der Waals surface area contributed by atoms with Gasteiger partial charge in [0.25, 0.3) is 0 Å². The van der Waals surface area contributed by atoms with Crippen molar-refractivity contribution >= 4 is 0 Å². The molecule has 0 spiro atoms. The molecule has 0 aromatic rings. The first-order chi connectivity index (χ1) is 4.91. The highest BCUT2D eigenvalue weighted by Gasteiger charge is 1.63. The lowest BCUT2D eigenvalue weighted by atomic mass is 10.3. The van der Waals surface area contributed by atoms with E-state index in [1.807, 2.05) is 34.6 Å². The monoisotopic (exact) mass is 142 g/mol. The molecule has 0 amide bonds. The molecule has 0 aliphatic carbocycles. The molecule has 0 N–H and O–H groups in total. The van der Waals surface area contributed by atoms with Gasteiger partial charge >= 0.3 is 0 Å². The first-order valence-corrected chi connectivity index (χ1v) is 4.31. The minimum absolute atomic E-state index is 1.05. The first-order valence-electron chi connectivity index (χ1n) is 4.31. The fraction of sp³-hybridized carbons (Fsp3) is 0.800. The van der Waals surface area contributed by atoms with Crippen LogP contribution >= 0.6 is 0 Å². The third-order valence-corrected chi connectivity index (χ3v) is 0.552. The van der Waals surface area contributed by atoms with Gasteiger partial charge in [-0.25, -0.2) is 0 Å². The van der Waals surface area contributed by atoms with Gasteiger partial charge in [0.2, 0.25) is 0 Å². The van der Waals surface area contributed by atoms with E-state index in [0.29, 0.717) is 0 Å². The quantitative estimate of drug-likeness (QED) is 0.488. The van der Waals surface area contributed by atoms with Crippen LogP contribution in [-0.2, 0) is 0 Å². The third-order valence-electron chi connectivity index (χ3n) is 0.552. The number of hydrogen-bond donors (Lipinski definition) is 0. The van der Waals surface area contributed by atoms with Crippen molar-refractivity contribution in [2.24, 2.45) is 0 Å².